The van der Waals surface area contributed by atoms with Crippen LogP contribution in [0.1, 0.15) is 16.1 Å². The lowest BCUT2D eigenvalue weighted by Crippen LogP contribution is -2.26. The van der Waals surface area contributed by atoms with Crippen LogP contribution < -0.4 is 0 Å². The zero-order valence-corrected chi connectivity index (χ0v) is 9.76. The van der Waals surface area contributed by atoms with Crippen molar-refractivity contribution < 1.29 is 18.7 Å². The molecule has 0 aliphatic rings. The maximum absolute atomic E-state index is 13.5. The number of carbonyl (C=O) groups excluding carboxylic acids is 1. The van der Waals surface area contributed by atoms with E-state index in [0.717, 1.165) is 6.07 Å². The van der Waals surface area contributed by atoms with Gasteiger partial charge in [0, 0.05) is 13.1 Å². The summed E-state index contributed by atoms with van der Waals surface area (Å²) in [4.78, 5) is 13.3. The van der Waals surface area contributed by atoms with Crippen LogP contribution >= 0.6 is 0 Å². The Morgan fingerprint density at radius 3 is 2.83 bits per heavy atom. The number of rotatable bonds is 3. The third kappa shape index (κ3) is 2.51. The molecule has 5 heteroatoms. The Morgan fingerprint density at radius 2 is 2.22 bits per heavy atom. The number of halogens is 1. The molecular weight excluding hydrogens is 237 g/mol. The lowest BCUT2D eigenvalue weighted by molar-refractivity contribution is 0.0771. The van der Waals surface area contributed by atoms with E-state index in [0.29, 0.717) is 5.76 Å². The van der Waals surface area contributed by atoms with Crippen LogP contribution in [0.4, 0.5) is 4.39 Å². The Morgan fingerprint density at radius 1 is 1.44 bits per heavy atom. The van der Waals surface area contributed by atoms with Gasteiger partial charge in [-0.3, -0.25) is 4.79 Å². The average molecular weight is 249 g/mol. The van der Waals surface area contributed by atoms with Crippen LogP contribution in [0.2, 0.25) is 0 Å². The van der Waals surface area contributed by atoms with Crippen LogP contribution in [0.3, 0.4) is 0 Å². The van der Waals surface area contributed by atoms with Crippen molar-refractivity contribution in [2.45, 2.75) is 6.54 Å². The maximum Gasteiger partial charge on any atom is 0.256 e. The van der Waals surface area contributed by atoms with Crippen LogP contribution in [-0.2, 0) is 6.54 Å². The molecule has 0 unspecified atom stereocenters. The fourth-order valence-electron chi connectivity index (χ4n) is 1.59. The summed E-state index contributed by atoms with van der Waals surface area (Å²) in [6.45, 7) is 0.256. The quantitative estimate of drug-likeness (QED) is 0.908. The molecule has 0 atom stereocenters. The van der Waals surface area contributed by atoms with Crippen LogP contribution in [0.15, 0.2) is 41.0 Å². The van der Waals surface area contributed by atoms with E-state index >= 15 is 0 Å². The zero-order chi connectivity index (χ0) is 13.1. The molecular formula is C13H12FNO3. The van der Waals surface area contributed by atoms with Gasteiger partial charge in [-0.1, -0.05) is 0 Å². The first-order chi connectivity index (χ1) is 8.58. The summed E-state index contributed by atoms with van der Waals surface area (Å²) in [6, 6.07) is 6.89. The van der Waals surface area contributed by atoms with Gasteiger partial charge in [0.2, 0.25) is 0 Å². The molecule has 1 amide bonds. The molecule has 4 nitrogen and oxygen atoms in total. The maximum atomic E-state index is 13.5. The van der Waals surface area contributed by atoms with Crippen molar-refractivity contribution in [3.63, 3.8) is 0 Å². The van der Waals surface area contributed by atoms with Crippen molar-refractivity contribution in [1.29, 1.82) is 0 Å². The molecule has 0 saturated carbocycles. The van der Waals surface area contributed by atoms with E-state index in [2.05, 4.69) is 0 Å². The lowest BCUT2D eigenvalue weighted by atomic mass is 10.2. The van der Waals surface area contributed by atoms with Gasteiger partial charge in [-0.15, -0.1) is 0 Å². The molecule has 0 aliphatic carbocycles. The molecule has 1 aromatic heterocycles. The van der Waals surface area contributed by atoms with Gasteiger partial charge in [0.1, 0.15) is 17.3 Å². The normalized spacial score (nSPS) is 10.3. The Bertz CT molecular complexity index is 551. The molecule has 18 heavy (non-hydrogen) atoms. The van der Waals surface area contributed by atoms with Crippen LogP contribution in [0.5, 0.6) is 5.75 Å². The van der Waals surface area contributed by atoms with E-state index in [1.807, 2.05) is 0 Å². The highest BCUT2D eigenvalue weighted by atomic mass is 19.1. The van der Waals surface area contributed by atoms with Gasteiger partial charge in [-0.25, -0.2) is 4.39 Å². The van der Waals surface area contributed by atoms with E-state index in [-0.39, 0.29) is 17.9 Å². The SMILES string of the molecule is CN(Cc1ccco1)C(=O)c1ccc(O)cc1F. The zero-order valence-electron chi connectivity index (χ0n) is 9.76. The number of phenolic OH excluding ortho intramolecular Hbond substituents is 1. The minimum atomic E-state index is -0.744. The number of carbonyl (C=O) groups is 1. The Balaban J connectivity index is 2.15. The van der Waals surface area contributed by atoms with Crippen molar-refractivity contribution in [3.8, 4) is 5.75 Å². The Kier molecular flexibility index (Phi) is 3.32. The standard InChI is InChI=1S/C13H12FNO3/c1-15(8-10-3-2-6-18-10)13(17)11-5-4-9(16)7-12(11)14/h2-7,16H,8H2,1H3. The van der Waals surface area contributed by atoms with E-state index in [1.165, 1.54) is 23.3 Å². The summed E-state index contributed by atoms with van der Waals surface area (Å²) in [7, 11) is 1.55. The fourth-order valence-corrected chi connectivity index (χ4v) is 1.59. The molecule has 0 bridgehead atoms. The molecule has 1 aromatic carbocycles. The van der Waals surface area contributed by atoms with Crippen molar-refractivity contribution >= 4 is 5.91 Å². The number of benzene rings is 1. The molecule has 0 fully saturated rings. The smallest absolute Gasteiger partial charge is 0.256 e. The number of furan rings is 1. The van der Waals surface area contributed by atoms with Crippen LogP contribution in [0.25, 0.3) is 0 Å². The van der Waals surface area contributed by atoms with Gasteiger partial charge >= 0.3 is 0 Å². The highest BCUT2D eigenvalue weighted by molar-refractivity contribution is 5.94. The van der Waals surface area contributed by atoms with Crippen molar-refractivity contribution in [3.05, 3.63) is 53.7 Å². The Hall–Kier alpha value is -2.30. The number of hydrogen-bond donors (Lipinski definition) is 1. The van der Waals surface area contributed by atoms with E-state index in [1.54, 1.807) is 19.2 Å². The summed E-state index contributed by atoms with van der Waals surface area (Å²) in [6.07, 6.45) is 1.51. The first kappa shape index (κ1) is 12.2. The van der Waals surface area contributed by atoms with Gasteiger partial charge in [0.15, 0.2) is 0 Å². The van der Waals surface area contributed by atoms with Crippen molar-refractivity contribution in [2.75, 3.05) is 7.05 Å². The number of phenols is 1. The van der Waals surface area contributed by atoms with Crippen LogP contribution in [-0.4, -0.2) is 23.0 Å². The van der Waals surface area contributed by atoms with Gasteiger partial charge in [-0.2, -0.15) is 0 Å². The number of nitrogens with zero attached hydrogens (tertiary/aromatic N) is 1. The van der Waals surface area contributed by atoms with Gasteiger partial charge in [0.25, 0.3) is 5.91 Å². The topological polar surface area (TPSA) is 53.7 Å². The molecule has 0 radical (unpaired) electrons. The highest BCUT2D eigenvalue weighted by Crippen LogP contribution is 2.17. The minimum Gasteiger partial charge on any atom is -0.508 e. The second-order valence-corrected chi connectivity index (χ2v) is 3.90. The third-order valence-corrected chi connectivity index (χ3v) is 2.50. The fraction of sp³-hybridized carbons (Fsp3) is 0.154. The molecule has 2 aromatic rings. The molecule has 0 spiro atoms. The summed E-state index contributed by atoms with van der Waals surface area (Å²) in [5.74, 6) is -0.807. The molecule has 1 heterocycles. The molecule has 0 aliphatic heterocycles. The average Bonchev–Trinajstić information content (AvgIpc) is 2.81. The number of aromatic hydroxyl groups is 1. The molecule has 94 valence electrons. The van der Waals surface area contributed by atoms with Gasteiger partial charge in [0.05, 0.1) is 18.4 Å². The van der Waals surface area contributed by atoms with Crippen molar-refractivity contribution in [2.24, 2.45) is 0 Å². The molecule has 1 N–H and O–H groups in total. The molecule has 0 saturated heterocycles. The number of amides is 1. The summed E-state index contributed by atoms with van der Waals surface area (Å²) >= 11 is 0. The lowest BCUT2D eigenvalue weighted by Gasteiger charge is -2.16. The van der Waals surface area contributed by atoms with E-state index in [4.69, 9.17) is 9.52 Å². The Labute approximate surface area is 103 Å². The minimum absolute atomic E-state index is 0.0816. The largest absolute Gasteiger partial charge is 0.508 e. The highest BCUT2D eigenvalue weighted by Gasteiger charge is 2.17. The third-order valence-electron chi connectivity index (χ3n) is 2.50. The monoisotopic (exact) mass is 249 g/mol. The second-order valence-electron chi connectivity index (χ2n) is 3.90. The van der Waals surface area contributed by atoms with Crippen LogP contribution in [0, 0.1) is 5.82 Å². The van der Waals surface area contributed by atoms with E-state index in [9.17, 15) is 9.18 Å². The van der Waals surface area contributed by atoms with Gasteiger partial charge in [-0.05, 0) is 24.3 Å². The number of hydrogen-bond acceptors (Lipinski definition) is 3. The second kappa shape index (κ2) is 4.91. The predicted octanol–water partition coefficient (Wildman–Crippen LogP) is 2.40. The van der Waals surface area contributed by atoms with E-state index < -0.39 is 11.7 Å². The van der Waals surface area contributed by atoms with Crippen molar-refractivity contribution in [1.82, 2.24) is 4.90 Å². The van der Waals surface area contributed by atoms with Gasteiger partial charge < -0.3 is 14.4 Å². The summed E-state index contributed by atoms with van der Waals surface area (Å²) < 4.78 is 18.6. The predicted molar refractivity (Wildman–Crippen MR) is 62.6 cm³/mol. The summed E-state index contributed by atoms with van der Waals surface area (Å²) in [5, 5.41) is 9.09. The first-order valence-electron chi connectivity index (χ1n) is 5.34. The summed E-state index contributed by atoms with van der Waals surface area (Å²) in [5.41, 5.74) is -0.0816. The first-order valence-corrected chi connectivity index (χ1v) is 5.34. The molecule has 2 rings (SSSR count).